The van der Waals surface area contributed by atoms with Gasteiger partial charge < -0.3 is 35.2 Å². The van der Waals surface area contributed by atoms with Gasteiger partial charge in [-0.15, -0.1) is 0 Å². The Morgan fingerprint density at radius 2 is 1.21 bits per heavy atom. The molecule has 348 valence electrons. The maximum Gasteiger partial charge on any atom is 0.417 e. The zero-order valence-corrected chi connectivity index (χ0v) is 38.3. The van der Waals surface area contributed by atoms with Crippen molar-refractivity contribution in [1.29, 1.82) is 0 Å². The lowest BCUT2D eigenvalue weighted by Crippen LogP contribution is -2.49. The summed E-state index contributed by atoms with van der Waals surface area (Å²) in [5.41, 5.74) is 2.49. The molecule has 3 aromatic heterocycles. The van der Waals surface area contributed by atoms with Gasteiger partial charge in [-0.2, -0.15) is 13.2 Å². The van der Waals surface area contributed by atoms with Crippen LogP contribution in [0.25, 0.3) is 0 Å². The molecule has 2 aliphatic heterocycles. The predicted octanol–water partition coefficient (Wildman–Crippen LogP) is 6.93. The molecule has 0 bridgehead atoms. The quantitative estimate of drug-likeness (QED) is 0.118. The number of pyridine rings is 2. The number of halogens is 4. The maximum atomic E-state index is 13.3. The summed E-state index contributed by atoms with van der Waals surface area (Å²) in [5, 5.41) is 5.86. The van der Waals surface area contributed by atoms with E-state index in [4.69, 9.17) is 0 Å². The molecule has 67 heavy (non-hydrogen) atoms. The van der Waals surface area contributed by atoms with E-state index >= 15 is 0 Å². The molecule has 4 amide bonds. The highest BCUT2D eigenvalue weighted by Gasteiger charge is 2.36. The third kappa shape index (κ3) is 12.8. The Morgan fingerprint density at radius 1 is 0.672 bits per heavy atom. The SMILES string of the molecule is CC(Cc1ccccc1)NC(=O)c1ccc(N2CCN(C(=O)c3ccccc3C(F)(F)F)CC2)nc1.O=C(NCCc1cnc[nH]1)c1ccc(N2CCN(C(=O)c3ccccc3Br)CC2)nc1. The number of amides is 4. The number of carbonyl (C=O) groups is 4. The topological polar surface area (TPSA) is 160 Å². The van der Waals surface area contributed by atoms with Gasteiger partial charge >= 0.3 is 6.18 Å². The minimum absolute atomic E-state index is 0.0298. The first-order valence-electron chi connectivity index (χ1n) is 21.9. The van der Waals surface area contributed by atoms with Crippen LogP contribution >= 0.6 is 15.9 Å². The number of carbonyl (C=O) groups excluding carboxylic acids is 4. The lowest BCUT2D eigenvalue weighted by atomic mass is 10.1. The molecule has 0 radical (unpaired) electrons. The number of rotatable bonds is 12. The molecule has 2 saturated heterocycles. The fourth-order valence-electron chi connectivity index (χ4n) is 7.74. The number of hydrogen-bond acceptors (Lipinski definition) is 9. The number of nitrogens with one attached hydrogen (secondary N) is 3. The largest absolute Gasteiger partial charge is 0.417 e. The first kappa shape index (κ1) is 47.9. The zero-order valence-electron chi connectivity index (χ0n) is 36.8. The molecular weight excluding hydrogens is 930 g/mol. The number of aromatic nitrogens is 4. The minimum atomic E-state index is -4.59. The van der Waals surface area contributed by atoms with Gasteiger partial charge in [0.2, 0.25) is 0 Å². The minimum Gasteiger partial charge on any atom is -0.353 e. The van der Waals surface area contributed by atoms with Gasteiger partial charge in [-0.05, 0) is 83.4 Å². The van der Waals surface area contributed by atoms with Crippen molar-refractivity contribution in [2.75, 3.05) is 68.7 Å². The lowest BCUT2D eigenvalue weighted by molar-refractivity contribution is -0.138. The van der Waals surface area contributed by atoms with E-state index in [-0.39, 0.29) is 42.4 Å². The van der Waals surface area contributed by atoms with E-state index in [0.717, 1.165) is 27.6 Å². The molecule has 14 nitrogen and oxygen atoms in total. The molecule has 1 atom stereocenters. The van der Waals surface area contributed by atoms with E-state index in [1.807, 2.05) is 77.4 Å². The number of benzene rings is 3. The number of H-pyrrole nitrogens is 1. The number of aromatic amines is 1. The molecule has 0 aliphatic carbocycles. The second kappa shape index (κ2) is 22.4. The number of nitrogens with zero attached hydrogens (tertiary/aromatic N) is 7. The highest BCUT2D eigenvalue weighted by molar-refractivity contribution is 9.10. The summed E-state index contributed by atoms with van der Waals surface area (Å²) in [6, 6.07) is 29.3. The molecule has 18 heteroatoms. The van der Waals surface area contributed by atoms with Crippen LogP contribution in [-0.4, -0.2) is 118 Å². The van der Waals surface area contributed by atoms with E-state index in [0.29, 0.717) is 81.2 Å². The van der Waals surface area contributed by atoms with Crippen LogP contribution in [0.1, 0.15) is 65.2 Å². The van der Waals surface area contributed by atoms with Crippen LogP contribution in [0.15, 0.2) is 133 Å². The number of anilines is 2. The van der Waals surface area contributed by atoms with E-state index < -0.39 is 17.6 Å². The van der Waals surface area contributed by atoms with Crippen LogP contribution in [0.4, 0.5) is 24.8 Å². The van der Waals surface area contributed by atoms with Crippen molar-refractivity contribution in [2.45, 2.75) is 32.0 Å². The molecule has 1 unspecified atom stereocenters. The van der Waals surface area contributed by atoms with Gasteiger partial charge in [0.1, 0.15) is 11.6 Å². The smallest absolute Gasteiger partial charge is 0.353 e. The van der Waals surface area contributed by atoms with Crippen molar-refractivity contribution < 1.29 is 32.3 Å². The maximum absolute atomic E-state index is 13.3. The fourth-order valence-corrected chi connectivity index (χ4v) is 8.20. The summed E-state index contributed by atoms with van der Waals surface area (Å²) in [6.45, 7) is 6.49. The van der Waals surface area contributed by atoms with Gasteiger partial charge in [-0.1, -0.05) is 54.6 Å². The first-order valence-corrected chi connectivity index (χ1v) is 22.6. The zero-order chi connectivity index (χ0) is 47.3. The number of piperazine rings is 2. The monoisotopic (exact) mass is 978 g/mol. The molecule has 3 aromatic carbocycles. The van der Waals surface area contributed by atoms with E-state index in [1.165, 1.54) is 29.3 Å². The average molecular weight is 980 g/mol. The number of alkyl halides is 3. The standard InChI is InChI=1S/C27H27F3N4O2.C22H23BrN6O2/c1-19(17-20-7-3-2-4-8-20)32-25(35)21-11-12-24(31-18-21)33-13-15-34(16-14-33)26(36)22-9-5-6-10-23(22)27(28,29)30;23-19-4-2-1-3-18(19)22(31)29-11-9-28(10-12-29)20-6-5-16(13-26-20)21(30)25-8-7-17-14-24-15-27-17/h2-12,18-19H,13-17H2,1H3,(H,32,35);1-6,13-15H,7-12H2,(H,24,27)(H,25,30). The van der Waals surface area contributed by atoms with Crippen molar-refractivity contribution in [3.05, 3.63) is 172 Å². The summed E-state index contributed by atoms with van der Waals surface area (Å²) in [7, 11) is 0. The molecule has 6 aromatic rings. The summed E-state index contributed by atoms with van der Waals surface area (Å²) in [4.78, 5) is 73.6. The lowest BCUT2D eigenvalue weighted by Gasteiger charge is -2.35. The molecule has 2 fully saturated rings. The molecule has 2 aliphatic rings. The Kier molecular flexibility index (Phi) is 16.0. The molecule has 0 spiro atoms. The van der Waals surface area contributed by atoms with Crippen LogP contribution < -0.4 is 20.4 Å². The Bertz CT molecular complexity index is 2590. The van der Waals surface area contributed by atoms with E-state index in [9.17, 15) is 32.3 Å². The van der Waals surface area contributed by atoms with Gasteiger partial charge in [0.25, 0.3) is 23.6 Å². The van der Waals surface area contributed by atoms with Gasteiger partial charge in [-0.3, -0.25) is 19.2 Å². The van der Waals surface area contributed by atoms with Crippen LogP contribution in [-0.2, 0) is 19.0 Å². The van der Waals surface area contributed by atoms with Crippen molar-refractivity contribution in [2.24, 2.45) is 0 Å². The molecular formula is C49H50BrF3N10O4. The Labute approximate surface area is 394 Å². The second-order valence-corrected chi connectivity index (χ2v) is 16.9. The summed E-state index contributed by atoms with van der Waals surface area (Å²) in [5.74, 6) is 0.488. The van der Waals surface area contributed by atoms with Crippen molar-refractivity contribution >= 4 is 51.2 Å². The van der Waals surface area contributed by atoms with Gasteiger partial charge in [0.15, 0.2) is 0 Å². The van der Waals surface area contributed by atoms with Gasteiger partial charge in [0, 0.05) is 100 Å². The van der Waals surface area contributed by atoms with Crippen LogP contribution in [0.3, 0.4) is 0 Å². The van der Waals surface area contributed by atoms with Crippen molar-refractivity contribution in [3.63, 3.8) is 0 Å². The molecule has 0 saturated carbocycles. The Balaban J connectivity index is 0.000000201. The normalized spacial score (nSPS) is 14.4. The van der Waals surface area contributed by atoms with Gasteiger partial charge in [-0.25, -0.2) is 15.0 Å². The van der Waals surface area contributed by atoms with Crippen molar-refractivity contribution in [1.82, 2.24) is 40.4 Å². The molecule has 3 N–H and O–H groups in total. The summed E-state index contributed by atoms with van der Waals surface area (Å²) in [6.07, 6.45) is 3.29. The molecule has 8 rings (SSSR count). The highest BCUT2D eigenvalue weighted by atomic mass is 79.9. The number of imidazole rings is 1. The second-order valence-electron chi connectivity index (χ2n) is 16.0. The number of hydrogen-bond donors (Lipinski definition) is 3. The Morgan fingerprint density at radius 3 is 1.75 bits per heavy atom. The first-order chi connectivity index (χ1) is 32.3. The van der Waals surface area contributed by atoms with Crippen LogP contribution in [0, 0.1) is 0 Å². The third-order valence-electron chi connectivity index (χ3n) is 11.4. The molecule has 5 heterocycles. The Hall–Kier alpha value is -7.08. The fraction of sp³-hybridized carbons (Fsp3) is 0.286. The highest BCUT2D eigenvalue weighted by Crippen LogP contribution is 2.32. The average Bonchev–Trinajstić information content (AvgIpc) is 3.88. The van der Waals surface area contributed by atoms with Crippen LogP contribution in [0.5, 0.6) is 0 Å². The van der Waals surface area contributed by atoms with Crippen LogP contribution in [0.2, 0.25) is 0 Å². The predicted molar refractivity (Wildman–Crippen MR) is 252 cm³/mol. The van der Waals surface area contributed by atoms with Crippen molar-refractivity contribution in [3.8, 4) is 0 Å². The van der Waals surface area contributed by atoms with E-state index in [2.05, 4.69) is 51.4 Å². The summed E-state index contributed by atoms with van der Waals surface area (Å²) >= 11 is 3.45. The summed E-state index contributed by atoms with van der Waals surface area (Å²) < 4.78 is 40.7. The third-order valence-corrected chi connectivity index (χ3v) is 12.1. The van der Waals surface area contributed by atoms with E-state index in [1.54, 1.807) is 36.9 Å². The van der Waals surface area contributed by atoms with Gasteiger partial charge in [0.05, 0.1) is 34.1 Å².